The van der Waals surface area contributed by atoms with Crippen LogP contribution in [0.3, 0.4) is 0 Å². The zero-order chi connectivity index (χ0) is 14.6. The molecule has 0 radical (unpaired) electrons. The number of rotatable bonds is 5. The van der Waals surface area contributed by atoms with Crippen molar-refractivity contribution in [3.8, 4) is 12.3 Å². The Kier molecular flexibility index (Phi) is 4.52. The Morgan fingerprint density at radius 2 is 1.85 bits per heavy atom. The maximum Gasteiger partial charge on any atom is 0.240 e. The van der Waals surface area contributed by atoms with Crippen molar-refractivity contribution in [3.05, 3.63) is 29.8 Å². The number of aryl methyl sites for hydroxylation is 1. The topological polar surface area (TPSA) is 46.2 Å². The fourth-order valence-corrected chi connectivity index (χ4v) is 3.96. The quantitative estimate of drug-likeness (QED) is 0.848. The fourth-order valence-electron chi connectivity index (χ4n) is 2.81. The van der Waals surface area contributed by atoms with Crippen molar-refractivity contribution in [2.24, 2.45) is 5.41 Å². The minimum atomic E-state index is -3.44. The number of nitrogens with one attached hydrogen (secondary N) is 1. The first-order valence-corrected chi connectivity index (χ1v) is 8.46. The molecule has 0 unspecified atom stereocenters. The first kappa shape index (κ1) is 15.1. The Hall–Kier alpha value is -1.31. The van der Waals surface area contributed by atoms with Gasteiger partial charge in [-0.05, 0) is 37.3 Å². The van der Waals surface area contributed by atoms with Crippen LogP contribution in [0.5, 0.6) is 0 Å². The highest BCUT2D eigenvalue weighted by molar-refractivity contribution is 7.89. The third kappa shape index (κ3) is 3.41. The van der Waals surface area contributed by atoms with Gasteiger partial charge in [-0.25, -0.2) is 13.1 Å². The Balaban J connectivity index is 2.09. The summed E-state index contributed by atoms with van der Waals surface area (Å²) < 4.78 is 27.3. The smallest absolute Gasteiger partial charge is 0.211 e. The van der Waals surface area contributed by atoms with Crippen LogP contribution < -0.4 is 4.72 Å². The van der Waals surface area contributed by atoms with Crippen molar-refractivity contribution in [2.45, 2.75) is 43.9 Å². The molecule has 108 valence electrons. The van der Waals surface area contributed by atoms with E-state index < -0.39 is 10.0 Å². The van der Waals surface area contributed by atoms with Gasteiger partial charge in [0.05, 0.1) is 4.90 Å². The average molecular weight is 291 g/mol. The van der Waals surface area contributed by atoms with E-state index in [4.69, 9.17) is 6.42 Å². The Labute approximate surface area is 121 Å². The molecule has 0 spiro atoms. The summed E-state index contributed by atoms with van der Waals surface area (Å²) in [7, 11) is -3.44. The van der Waals surface area contributed by atoms with Gasteiger partial charge in [0.15, 0.2) is 0 Å². The number of hydrogen-bond acceptors (Lipinski definition) is 2. The maximum atomic E-state index is 12.3. The number of hydrogen-bond donors (Lipinski definition) is 1. The van der Waals surface area contributed by atoms with Crippen molar-refractivity contribution in [1.29, 1.82) is 0 Å². The number of terminal acetylenes is 1. The molecule has 1 aliphatic rings. The van der Waals surface area contributed by atoms with Crippen molar-refractivity contribution in [2.75, 3.05) is 6.54 Å². The molecule has 4 heteroatoms. The van der Waals surface area contributed by atoms with E-state index in [1.165, 1.54) is 0 Å². The summed E-state index contributed by atoms with van der Waals surface area (Å²) in [6.45, 7) is 2.37. The van der Waals surface area contributed by atoms with E-state index in [1.807, 2.05) is 6.92 Å². The summed E-state index contributed by atoms with van der Waals surface area (Å²) in [6.07, 6.45) is 10.4. The van der Waals surface area contributed by atoms with Gasteiger partial charge in [0.25, 0.3) is 0 Å². The molecule has 1 aromatic carbocycles. The molecule has 1 fully saturated rings. The molecule has 1 aliphatic carbocycles. The van der Waals surface area contributed by atoms with Crippen LogP contribution in [0.2, 0.25) is 0 Å². The molecule has 1 saturated carbocycles. The van der Waals surface area contributed by atoms with E-state index in [0.717, 1.165) is 31.2 Å². The largest absolute Gasteiger partial charge is 0.240 e. The van der Waals surface area contributed by atoms with Crippen LogP contribution in [0.15, 0.2) is 29.2 Å². The predicted molar refractivity (Wildman–Crippen MR) is 80.7 cm³/mol. The summed E-state index contributed by atoms with van der Waals surface area (Å²) >= 11 is 0. The molecule has 0 aromatic heterocycles. The molecular formula is C16H21NO2S. The van der Waals surface area contributed by atoms with Gasteiger partial charge in [0.1, 0.15) is 0 Å². The minimum Gasteiger partial charge on any atom is -0.211 e. The molecule has 1 aromatic rings. The van der Waals surface area contributed by atoms with Gasteiger partial charge in [-0.15, -0.1) is 12.3 Å². The molecule has 20 heavy (non-hydrogen) atoms. The molecule has 3 nitrogen and oxygen atoms in total. The monoisotopic (exact) mass is 291 g/mol. The molecule has 0 heterocycles. The van der Waals surface area contributed by atoms with E-state index in [1.54, 1.807) is 24.3 Å². The van der Waals surface area contributed by atoms with Gasteiger partial charge < -0.3 is 0 Å². The Bertz CT molecular complexity index is 590. The summed E-state index contributed by atoms with van der Waals surface area (Å²) in [5, 5.41) is 0. The van der Waals surface area contributed by atoms with E-state index in [9.17, 15) is 8.42 Å². The van der Waals surface area contributed by atoms with Crippen LogP contribution in [-0.2, 0) is 10.0 Å². The van der Waals surface area contributed by atoms with Gasteiger partial charge in [-0.3, -0.25) is 0 Å². The average Bonchev–Trinajstić information content (AvgIpc) is 2.87. The Morgan fingerprint density at radius 1 is 1.25 bits per heavy atom. The molecular weight excluding hydrogens is 270 g/mol. The molecule has 0 atom stereocenters. The van der Waals surface area contributed by atoms with Crippen LogP contribution in [0.1, 0.15) is 37.7 Å². The highest BCUT2D eigenvalue weighted by atomic mass is 32.2. The van der Waals surface area contributed by atoms with Gasteiger partial charge in [0, 0.05) is 13.0 Å². The molecule has 0 saturated heterocycles. The second-order valence-corrected chi connectivity index (χ2v) is 7.49. The first-order chi connectivity index (χ1) is 9.47. The van der Waals surface area contributed by atoms with Crippen LogP contribution >= 0.6 is 0 Å². The fraction of sp³-hybridized carbons (Fsp3) is 0.500. The lowest BCUT2D eigenvalue weighted by Crippen LogP contribution is -2.35. The predicted octanol–water partition coefficient (Wildman–Crippen LogP) is 2.86. The third-order valence-corrected chi connectivity index (χ3v) is 5.53. The SMILES string of the molecule is C#CCC1(CNS(=O)(=O)c2ccc(C)cc2)CCCC1. The van der Waals surface area contributed by atoms with E-state index in [2.05, 4.69) is 10.6 Å². The third-order valence-electron chi connectivity index (χ3n) is 4.11. The maximum absolute atomic E-state index is 12.3. The second kappa shape index (κ2) is 5.99. The molecule has 0 aliphatic heterocycles. The standard InChI is InChI=1S/C16H21NO2S/c1-3-10-16(11-4-5-12-16)13-17-20(18,19)15-8-6-14(2)7-9-15/h1,6-9,17H,4-5,10-13H2,2H3. The minimum absolute atomic E-state index is 0.0491. The van der Waals surface area contributed by atoms with Crippen molar-refractivity contribution >= 4 is 10.0 Å². The highest BCUT2D eigenvalue weighted by Crippen LogP contribution is 2.40. The van der Waals surface area contributed by atoms with Crippen LogP contribution in [0.4, 0.5) is 0 Å². The van der Waals surface area contributed by atoms with Crippen molar-refractivity contribution in [1.82, 2.24) is 4.72 Å². The summed E-state index contributed by atoms with van der Waals surface area (Å²) in [5.41, 5.74) is 0.996. The Morgan fingerprint density at radius 3 is 2.40 bits per heavy atom. The summed E-state index contributed by atoms with van der Waals surface area (Å²) in [4.78, 5) is 0.317. The molecule has 0 amide bonds. The van der Waals surface area contributed by atoms with Gasteiger partial charge >= 0.3 is 0 Å². The molecule has 2 rings (SSSR count). The lowest BCUT2D eigenvalue weighted by atomic mass is 9.83. The van der Waals surface area contributed by atoms with Crippen molar-refractivity contribution in [3.63, 3.8) is 0 Å². The first-order valence-electron chi connectivity index (χ1n) is 6.97. The van der Waals surface area contributed by atoms with Crippen LogP contribution in [0.25, 0.3) is 0 Å². The lowest BCUT2D eigenvalue weighted by molar-refractivity contribution is 0.306. The molecule has 1 N–H and O–H groups in total. The van der Waals surface area contributed by atoms with Gasteiger partial charge in [-0.1, -0.05) is 30.5 Å². The van der Waals surface area contributed by atoms with Crippen LogP contribution in [-0.4, -0.2) is 15.0 Å². The normalized spacial score (nSPS) is 17.8. The highest BCUT2D eigenvalue weighted by Gasteiger charge is 2.34. The second-order valence-electron chi connectivity index (χ2n) is 5.73. The summed E-state index contributed by atoms with van der Waals surface area (Å²) in [5.74, 6) is 2.70. The van der Waals surface area contributed by atoms with E-state index in [-0.39, 0.29) is 5.41 Å². The number of benzene rings is 1. The molecule has 0 bridgehead atoms. The lowest BCUT2D eigenvalue weighted by Gasteiger charge is -2.26. The zero-order valence-corrected chi connectivity index (χ0v) is 12.7. The summed E-state index contributed by atoms with van der Waals surface area (Å²) in [6, 6.07) is 6.89. The zero-order valence-electron chi connectivity index (χ0n) is 11.9. The van der Waals surface area contributed by atoms with Gasteiger partial charge in [0.2, 0.25) is 10.0 Å². The van der Waals surface area contributed by atoms with E-state index in [0.29, 0.717) is 17.9 Å². The van der Waals surface area contributed by atoms with Crippen molar-refractivity contribution < 1.29 is 8.42 Å². The number of sulfonamides is 1. The van der Waals surface area contributed by atoms with Crippen LogP contribution in [0, 0.1) is 24.7 Å². The van der Waals surface area contributed by atoms with Gasteiger partial charge in [-0.2, -0.15) is 0 Å². The van der Waals surface area contributed by atoms with E-state index >= 15 is 0 Å².